The van der Waals surface area contributed by atoms with E-state index in [0.29, 0.717) is 0 Å². The van der Waals surface area contributed by atoms with Crippen LogP contribution < -0.4 is 0 Å². The SMILES string of the molecule is CC(Cl)c1nc2cc(Br)ccc2n1CCc1ccn(C)n1. The summed E-state index contributed by atoms with van der Waals surface area (Å²) in [5, 5.41) is 4.30. The van der Waals surface area contributed by atoms with E-state index in [1.807, 2.05) is 43.0 Å². The average Bonchev–Trinajstić information content (AvgIpc) is 2.99. The second-order valence-corrected chi connectivity index (χ2v) is 6.67. The summed E-state index contributed by atoms with van der Waals surface area (Å²) in [4.78, 5) is 4.67. The first-order valence-electron chi connectivity index (χ1n) is 6.83. The summed E-state index contributed by atoms with van der Waals surface area (Å²) in [5.41, 5.74) is 3.15. The molecular weight excluding hydrogens is 352 g/mol. The predicted octanol–water partition coefficient (Wildman–Crippen LogP) is 4.07. The quantitative estimate of drug-likeness (QED) is 0.652. The van der Waals surface area contributed by atoms with Crippen molar-refractivity contribution in [3.63, 3.8) is 0 Å². The number of hydrogen-bond acceptors (Lipinski definition) is 2. The zero-order chi connectivity index (χ0) is 15.0. The topological polar surface area (TPSA) is 35.6 Å². The molecule has 21 heavy (non-hydrogen) atoms. The summed E-state index contributed by atoms with van der Waals surface area (Å²) >= 11 is 9.78. The van der Waals surface area contributed by atoms with E-state index < -0.39 is 0 Å². The van der Waals surface area contributed by atoms with Gasteiger partial charge < -0.3 is 4.57 Å². The highest BCUT2D eigenvalue weighted by Crippen LogP contribution is 2.26. The van der Waals surface area contributed by atoms with Crippen molar-refractivity contribution in [1.29, 1.82) is 0 Å². The lowest BCUT2D eigenvalue weighted by atomic mass is 10.3. The van der Waals surface area contributed by atoms with Gasteiger partial charge in [-0.2, -0.15) is 5.10 Å². The third kappa shape index (κ3) is 2.99. The molecule has 0 fully saturated rings. The van der Waals surface area contributed by atoms with Crippen LogP contribution >= 0.6 is 27.5 Å². The molecule has 0 saturated heterocycles. The molecule has 0 radical (unpaired) electrons. The maximum atomic E-state index is 6.29. The Morgan fingerprint density at radius 2 is 2.14 bits per heavy atom. The fourth-order valence-electron chi connectivity index (χ4n) is 2.48. The summed E-state index contributed by atoms with van der Waals surface area (Å²) < 4.78 is 5.04. The molecule has 1 aromatic carbocycles. The van der Waals surface area contributed by atoms with E-state index in [2.05, 4.69) is 36.6 Å². The highest BCUT2D eigenvalue weighted by Gasteiger charge is 2.15. The zero-order valence-corrected chi connectivity index (χ0v) is 14.3. The van der Waals surface area contributed by atoms with Gasteiger partial charge in [-0.1, -0.05) is 15.9 Å². The van der Waals surface area contributed by atoms with Gasteiger partial charge in [0.1, 0.15) is 5.82 Å². The minimum Gasteiger partial charge on any atom is -0.326 e. The molecule has 0 bridgehead atoms. The first kappa shape index (κ1) is 14.6. The van der Waals surface area contributed by atoms with Crippen LogP contribution in [0.2, 0.25) is 0 Å². The number of benzene rings is 1. The molecule has 0 aliphatic carbocycles. The Kier molecular flexibility index (Phi) is 4.04. The van der Waals surface area contributed by atoms with E-state index in [1.54, 1.807) is 0 Å². The van der Waals surface area contributed by atoms with Gasteiger partial charge in [-0.25, -0.2) is 4.98 Å². The Morgan fingerprint density at radius 3 is 2.81 bits per heavy atom. The summed E-state index contributed by atoms with van der Waals surface area (Å²) in [6.07, 6.45) is 2.82. The molecule has 1 unspecified atom stereocenters. The monoisotopic (exact) mass is 366 g/mol. The van der Waals surface area contributed by atoms with Gasteiger partial charge in [-0.05, 0) is 31.2 Å². The maximum Gasteiger partial charge on any atom is 0.127 e. The van der Waals surface area contributed by atoms with Crippen molar-refractivity contribution < 1.29 is 0 Å². The van der Waals surface area contributed by atoms with Crippen LogP contribution in [0.15, 0.2) is 34.9 Å². The first-order valence-corrected chi connectivity index (χ1v) is 8.06. The van der Waals surface area contributed by atoms with Crippen LogP contribution in [0, 0.1) is 0 Å². The minimum absolute atomic E-state index is 0.125. The number of aryl methyl sites for hydroxylation is 3. The largest absolute Gasteiger partial charge is 0.326 e. The van der Waals surface area contributed by atoms with Crippen LogP contribution in [0.1, 0.15) is 23.8 Å². The molecule has 0 spiro atoms. The van der Waals surface area contributed by atoms with Crippen molar-refractivity contribution in [2.24, 2.45) is 7.05 Å². The molecule has 3 aromatic rings. The molecule has 4 nitrogen and oxygen atoms in total. The average molecular weight is 368 g/mol. The third-order valence-corrected chi connectivity index (χ3v) is 4.14. The van der Waals surface area contributed by atoms with Crippen LogP contribution in [0.4, 0.5) is 0 Å². The highest BCUT2D eigenvalue weighted by molar-refractivity contribution is 9.10. The van der Waals surface area contributed by atoms with Gasteiger partial charge in [0.25, 0.3) is 0 Å². The van der Waals surface area contributed by atoms with Crippen LogP contribution in [-0.4, -0.2) is 19.3 Å². The Balaban J connectivity index is 1.97. The molecule has 2 aromatic heterocycles. The molecule has 0 aliphatic heterocycles. The normalized spacial score (nSPS) is 13.0. The Bertz CT molecular complexity index is 775. The van der Waals surface area contributed by atoms with Crippen molar-refractivity contribution in [3.8, 4) is 0 Å². The molecule has 3 rings (SSSR count). The van der Waals surface area contributed by atoms with Crippen LogP contribution in [0.5, 0.6) is 0 Å². The molecule has 1 atom stereocenters. The van der Waals surface area contributed by atoms with Crippen LogP contribution in [-0.2, 0) is 20.0 Å². The fourth-order valence-corrected chi connectivity index (χ4v) is 3.00. The number of imidazole rings is 1. The number of aromatic nitrogens is 4. The molecule has 2 heterocycles. The number of nitrogens with zero attached hydrogens (tertiary/aromatic N) is 4. The molecule has 0 N–H and O–H groups in total. The summed E-state index contributed by atoms with van der Waals surface area (Å²) in [5.74, 6) is 0.903. The Morgan fingerprint density at radius 1 is 1.33 bits per heavy atom. The predicted molar refractivity (Wildman–Crippen MR) is 88.6 cm³/mol. The van der Waals surface area contributed by atoms with Crippen LogP contribution in [0.3, 0.4) is 0 Å². The van der Waals surface area contributed by atoms with Gasteiger partial charge in [0.2, 0.25) is 0 Å². The molecular formula is C15H16BrClN4. The van der Waals surface area contributed by atoms with Gasteiger partial charge in [-0.3, -0.25) is 4.68 Å². The van der Waals surface area contributed by atoms with Crippen molar-refractivity contribution in [2.75, 3.05) is 0 Å². The van der Waals surface area contributed by atoms with Crippen molar-refractivity contribution in [2.45, 2.75) is 25.3 Å². The lowest BCUT2D eigenvalue weighted by Gasteiger charge is -2.09. The molecule has 0 aliphatic rings. The lowest BCUT2D eigenvalue weighted by Crippen LogP contribution is -2.07. The van der Waals surface area contributed by atoms with Crippen molar-refractivity contribution >= 4 is 38.6 Å². The first-order chi connectivity index (χ1) is 10.0. The number of halogens is 2. The number of alkyl halides is 1. The highest BCUT2D eigenvalue weighted by atomic mass is 79.9. The molecule has 6 heteroatoms. The van der Waals surface area contributed by atoms with Crippen LogP contribution in [0.25, 0.3) is 11.0 Å². The number of fused-ring (bicyclic) bond motifs is 1. The van der Waals surface area contributed by atoms with Crippen molar-refractivity contribution in [1.82, 2.24) is 19.3 Å². The van der Waals surface area contributed by atoms with Crippen molar-refractivity contribution in [3.05, 3.63) is 46.5 Å². The van der Waals surface area contributed by atoms with Gasteiger partial charge in [0, 0.05) is 30.7 Å². The number of rotatable bonds is 4. The van der Waals surface area contributed by atoms with E-state index in [4.69, 9.17) is 11.6 Å². The van der Waals surface area contributed by atoms with Gasteiger partial charge in [0.05, 0.1) is 22.1 Å². The third-order valence-electron chi connectivity index (χ3n) is 3.46. The summed E-state index contributed by atoms with van der Waals surface area (Å²) in [6, 6.07) is 8.17. The van der Waals surface area contributed by atoms with E-state index >= 15 is 0 Å². The summed E-state index contributed by atoms with van der Waals surface area (Å²) in [6.45, 7) is 2.77. The summed E-state index contributed by atoms with van der Waals surface area (Å²) in [7, 11) is 1.93. The Labute approximate surface area is 136 Å². The lowest BCUT2D eigenvalue weighted by molar-refractivity contribution is 0.647. The maximum absolute atomic E-state index is 6.29. The van der Waals surface area contributed by atoms with E-state index in [9.17, 15) is 0 Å². The fraction of sp³-hybridized carbons (Fsp3) is 0.333. The second-order valence-electron chi connectivity index (χ2n) is 5.10. The smallest absolute Gasteiger partial charge is 0.127 e. The molecule has 0 amide bonds. The van der Waals surface area contributed by atoms with E-state index in [-0.39, 0.29) is 5.38 Å². The van der Waals surface area contributed by atoms with E-state index in [1.165, 1.54) is 0 Å². The Hall–Kier alpha value is -1.33. The zero-order valence-electron chi connectivity index (χ0n) is 11.9. The van der Waals surface area contributed by atoms with Gasteiger partial charge in [0.15, 0.2) is 0 Å². The number of hydrogen-bond donors (Lipinski definition) is 0. The minimum atomic E-state index is -0.125. The van der Waals surface area contributed by atoms with Gasteiger partial charge in [-0.15, -0.1) is 11.6 Å². The van der Waals surface area contributed by atoms with Gasteiger partial charge >= 0.3 is 0 Å². The van der Waals surface area contributed by atoms with E-state index in [0.717, 1.165) is 40.0 Å². The standard InChI is InChI=1S/C15H16BrClN4/c1-10(17)15-18-13-9-11(16)3-4-14(13)21(15)8-6-12-5-7-20(2)19-12/h3-5,7,9-10H,6,8H2,1-2H3. The molecule has 0 saturated carbocycles. The molecule has 110 valence electrons. The second kappa shape index (κ2) is 5.81.